The van der Waals surface area contributed by atoms with Gasteiger partial charge in [-0.15, -0.1) is 0 Å². The van der Waals surface area contributed by atoms with E-state index in [4.69, 9.17) is 16.3 Å². The van der Waals surface area contributed by atoms with E-state index < -0.39 is 15.9 Å². The Balaban J connectivity index is 2.00. The van der Waals surface area contributed by atoms with Crippen molar-refractivity contribution in [2.75, 3.05) is 26.5 Å². The maximum Gasteiger partial charge on any atom is 0.259 e. The zero-order valence-corrected chi connectivity index (χ0v) is 17.7. The number of nitrogens with zero attached hydrogens (tertiary/aromatic N) is 2. The highest BCUT2D eigenvalue weighted by atomic mass is 35.5. The zero-order valence-electron chi connectivity index (χ0n) is 16.1. The topological polar surface area (TPSA) is 80.6 Å². The van der Waals surface area contributed by atoms with Gasteiger partial charge in [0.05, 0.1) is 29.1 Å². The number of amides is 1. The van der Waals surface area contributed by atoms with Crippen molar-refractivity contribution in [3.63, 3.8) is 0 Å². The van der Waals surface area contributed by atoms with E-state index in [0.29, 0.717) is 16.5 Å². The molecule has 0 fully saturated rings. The third-order valence-corrected chi connectivity index (χ3v) is 6.47. The van der Waals surface area contributed by atoms with Gasteiger partial charge in [0.1, 0.15) is 10.6 Å². The van der Waals surface area contributed by atoms with Crippen LogP contribution in [-0.2, 0) is 10.0 Å². The second-order valence-electron chi connectivity index (χ2n) is 6.33. The summed E-state index contributed by atoms with van der Waals surface area (Å²) < 4.78 is 33.4. The molecule has 1 amide bonds. The summed E-state index contributed by atoms with van der Waals surface area (Å²) in [6.07, 6.45) is 3.64. The van der Waals surface area contributed by atoms with E-state index in [2.05, 4.69) is 5.32 Å². The van der Waals surface area contributed by atoms with Crippen LogP contribution < -0.4 is 10.1 Å². The largest absolute Gasteiger partial charge is 0.496 e. The number of carbonyl (C=O) groups is 1. The number of nitrogens with one attached hydrogen (secondary N) is 1. The Bertz CT molecular complexity index is 1140. The number of hydrogen-bond acceptors (Lipinski definition) is 4. The van der Waals surface area contributed by atoms with Crippen LogP contribution in [0.1, 0.15) is 10.4 Å². The number of aromatic nitrogens is 1. The van der Waals surface area contributed by atoms with E-state index in [9.17, 15) is 13.2 Å². The van der Waals surface area contributed by atoms with Crippen molar-refractivity contribution in [3.05, 3.63) is 71.5 Å². The number of hydrogen-bond donors (Lipinski definition) is 1. The number of rotatable bonds is 6. The second kappa shape index (κ2) is 8.28. The molecule has 0 aliphatic carbocycles. The zero-order chi connectivity index (χ0) is 21.2. The number of ether oxygens (including phenoxy) is 1. The van der Waals surface area contributed by atoms with Gasteiger partial charge in [-0.05, 0) is 30.3 Å². The van der Waals surface area contributed by atoms with Gasteiger partial charge >= 0.3 is 0 Å². The molecular formula is C20H20ClN3O4S. The number of carbonyl (C=O) groups excluding carboxylic acids is 1. The summed E-state index contributed by atoms with van der Waals surface area (Å²) in [7, 11) is 0.565. The molecule has 152 valence electrons. The minimum atomic E-state index is -3.74. The third-order valence-electron chi connectivity index (χ3n) is 4.29. The van der Waals surface area contributed by atoms with Crippen LogP contribution in [0.3, 0.4) is 0 Å². The van der Waals surface area contributed by atoms with Gasteiger partial charge in [0.2, 0.25) is 10.0 Å². The van der Waals surface area contributed by atoms with Crippen LogP contribution in [-0.4, -0.2) is 44.4 Å². The average molecular weight is 434 g/mol. The van der Waals surface area contributed by atoms with Crippen molar-refractivity contribution < 1.29 is 17.9 Å². The van der Waals surface area contributed by atoms with Crippen molar-refractivity contribution in [2.45, 2.75) is 4.90 Å². The lowest BCUT2D eigenvalue weighted by atomic mass is 10.1. The minimum Gasteiger partial charge on any atom is -0.496 e. The maximum absolute atomic E-state index is 12.9. The number of sulfonamides is 1. The fourth-order valence-corrected chi connectivity index (χ4v) is 4.07. The summed E-state index contributed by atoms with van der Waals surface area (Å²) in [4.78, 5) is 12.9. The summed E-state index contributed by atoms with van der Waals surface area (Å²) in [5, 5.41) is 3.00. The van der Waals surface area contributed by atoms with E-state index in [1.807, 2.05) is 24.5 Å². The van der Waals surface area contributed by atoms with Gasteiger partial charge in [0.25, 0.3) is 5.91 Å². The van der Waals surface area contributed by atoms with Crippen molar-refractivity contribution in [1.29, 1.82) is 0 Å². The highest BCUT2D eigenvalue weighted by molar-refractivity contribution is 7.89. The first-order valence-electron chi connectivity index (χ1n) is 8.59. The first-order chi connectivity index (χ1) is 13.8. The molecule has 7 nitrogen and oxygen atoms in total. The van der Waals surface area contributed by atoms with Crippen LogP contribution in [0, 0.1) is 0 Å². The Morgan fingerprint density at radius 1 is 1.10 bits per heavy atom. The number of methoxy groups -OCH3 is 1. The predicted octanol–water partition coefficient (Wildman–Crippen LogP) is 3.64. The van der Waals surface area contributed by atoms with Crippen LogP contribution in [0.2, 0.25) is 5.02 Å². The van der Waals surface area contributed by atoms with Gasteiger partial charge in [-0.3, -0.25) is 4.79 Å². The molecule has 29 heavy (non-hydrogen) atoms. The van der Waals surface area contributed by atoms with Gasteiger partial charge in [0.15, 0.2) is 0 Å². The Kier molecular flexibility index (Phi) is 5.97. The first kappa shape index (κ1) is 20.9. The molecule has 0 spiro atoms. The van der Waals surface area contributed by atoms with E-state index in [1.54, 1.807) is 22.8 Å². The highest BCUT2D eigenvalue weighted by Crippen LogP contribution is 2.31. The Labute approximate surface area is 174 Å². The minimum absolute atomic E-state index is 0.00706. The highest BCUT2D eigenvalue weighted by Gasteiger charge is 2.23. The van der Waals surface area contributed by atoms with Crippen LogP contribution in [0.15, 0.2) is 65.8 Å². The van der Waals surface area contributed by atoms with Crippen molar-refractivity contribution in [3.8, 4) is 11.4 Å². The van der Waals surface area contributed by atoms with E-state index in [1.165, 1.54) is 39.4 Å². The molecule has 0 unspecified atom stereocenters. The van der Waals surface area contributed by atoms with Crippen molar-refractivity contribution >= 4 is 33.2 Å². The van der Waals surface area contributed by atoms with Crippen molar-refractivity contribution in [1.82, 2.24) is 8.87 Å². The average Bonchev–Trinajstić information content (AvgIpc) is 3.22. The van der Waals surface area contributed by atoms with Crippen LogP contribution >= 0.6 is 11.6 Å². The van der Waals surface area contributed by atoms with Gasteiger partial charge in [0, 0.05) is 32.6 Å². The maximum atomic E-state index is 12.9. The molecule has 9 heteroatoms. The first-order valence-corrected chi connectivity index (χ1v) is 10.4. The lowest BCUT2D eigenvalue weighted by Gasteiger charge is -2.17. The number of benzene rings is 2. The molecule has 0 aliphatic rings. The summed E-state index contributed by atoms with van der Waals surface area (Å²) in [6.45, 7) is 0. The van der Waals surface area contributed by atoms with Gasteiger partial charge < -0.3 is 14.6 Å². The molecule has 0 aliphatic heterocycles. The molecule has 3 rings (SSSR count). The Morgan fingerprint density at radius 3 is 2.38 bits per heavy atom. The fourth-order valence-electron chi connectivity index (χ4n) is 2.76. The summed E-state index contributed by atoms with van der Waals surface area (Å²) in [6, 6.07) is 13.0. The number of halogens is 1. The lowest BCUT2D eigenvalue weighted by Crippen LogP contribution is -2.24. The molecule has 1 aromatic heterocycles. The quantitative estimate of drug-likeness (QED) is 0.643. The Hall–Kier alpha value is -2.81. The molecule has 1 heterocycles. The van der Waals surface area contributed by atoms with Gasteiger partial charge in [-0.25, -0.2) is 12.7 Å². The third kappa shape index (κ3) is 4.14. The smallest absolute Gasteiger partial charge is 0.259 e. The molecule has 1 N–H and O–H groups in total. The summed E-state index contributed by atoms with van der Waals surface area (Å²) in [5.41, 5.74) is 1.00. The lowest BCUT2D eigenvalue weighted by molar-refractivity contribution is 0.102. The number of anilines is 1. The monoisotopic (exact) mass is 433 g/mol. The molecule has 0 bridgehead atoms. The van der Waals surface area contributed by atoms with E-state index >= 15 is 0 Å². The van der Waals surface area contributed by atoms with Crippen LogP contribution in [0.25, 0.3) is 5.69 Å². The van der Waals surface area contributed by atoms with Crippen molar-refractivity contribution in [2.24, 2.45) is 0 Å². The van der Waals surface area contributed by atoms with Crippen LogP contribution in [0.4, 0.5) is 5.69 Å². The van der Waals surface area contributed by atoms with Gasteiger partial charge in [-0.1, -0.05) is 23.7 Å². The van der Waals surface area contributed by atoms with Gasteiger partial charge in [-0.2, -0.15) is 0 Å². The normalized spacial score (nSPS) is 11.5. The fraction of sp³-hybridized carbons (Fsp3) is 0.150. The number of para-hydroxylation sites is 1. The van der Waals surface area contributed by atoms with E-state index in [-0.39, 0.29) is 16.1 Å². The molecule has 0 radical (unpaired) electrons. The van der Waals surface area contributed by atoms with Crippen LogP contribution in [0.5, 0.6) is 5.75 Å². The summed E-state index contributed by atoms with van der Waals surface area (Å²) >= 11 is 6.38. The Morgan fingerprint density at radius 2 is 1.76 bits per heavy atom. The predicted molar refractivity (Wildman–Crippen MR) is 113 cm³/mol. The summed E-state index contributed by atoms with van der Waals surface area (Å²) in [5.74, 6) is -0.229. The second-order valence-corrected chi connectivity index (χ2v) is 8.86. The molecule has 3 aromatic rings. The standard InChI is InChI=1S/C20H20ClN3O4S/c1-23(2)29(26,27)19-9-5-4-8-16(19)22-20(25)14-12-15(21)17(13-18(14)28-3)24-10-6-7-11-24/h4-13H,1-3H3,(H,22,25). The molecular weight excluding hydrogens is 414 g/mol. The molecule has 0 atom stereocenters. The molecule has 0 saturated heterocycles. The molecule has 0 saturated carbocycles. The van der Waals surface area contributed by atoms with E-state index in [0.717, 1.165) is 4.31 Å². The molecule has 2 aromatic carbocycles. The SMILES string of the molecule is COc1cc(-n2cccc2)c(Cl)cc1C(=O)Nc1ccccc1S(=O)(=O)N(C)C.